The smallest absolute Gasteiger partial charge is 0.108 e. The van der Waals surface area contributed by atoms with E-state index in [0.717, 1.165) is 17.2 Å². The van der Waals surface area contributed by atoms with Crippen molar-refractivity contribution in [3.8, 4) is 0 Å². The molecule has 3 rings (SSSR count). The van der Waals surface area contributed by atoms with Crippen LogP contribution in [0.4, 0.5) is 0 Å². The minimum atomic E-state index is -0.780. The molecule has 1 aliphatic carbocycles. The number of thiophene rings is 1. The third-order valence-corrected chi connectivity index (χ3v) is 5.37. The molecule has 2 aromatic rings. The third-order valence-electron chi connectivity index (χ3n) is 4.25. The fraction of sp³-hybridized carbons (Fsp3) is 0.444. The lowest BCUT2D eigenvalue weighted by Crippen LogP contribution is -2.42. The van der Waals surface area contributed by atoms with Crippen molar-refractivity contribution in [2.75, 3.05) is 6.54 Å². The highest BCUT2D eigenvalue weighted by Crippen LogP contribution is 2.35. The predicted octanol–water partition coefficient (Wildman–Crippen LogP) is 3.57. The molecular weight excluding hydrogens is 278 g/mol. The van der Waals surface area contributed by atoms with Crippen molar-refractivity contribution in [1.82, 2.24) is 5.32 Å². The summed E-state index contributed by atoms with van der Waals surface area (Å²) in [6.45, 7) is 2.51. The summed E-state index contributed by atoms with van der Waals surface area (Å²) >= 11 is 1.62. The number of benzene rings is 1. The summed E-state index contributed by atoms with van der Waals surface area (Å²) in [6, 6.07) is 15.1. The van der Waals surface area contributed by atoms with Gasteiger partial charge in [-0.1, -0.05) is 36.4 Å². The third kappa shape index (κ3) is 3.94. The number of hydrogen-bond acceptors (Lipinski definition) is 3. The summed E-state index contributed by atoms with van der Waals surface area (Å²) in [5.74, 6) is 0.768. The van der Waals surface area contributed by atoms with E-state index < -0.39 is 5.60 Å². The molecule has 1 fully saturated rings. The lowest BCUT2D eigenvalue weighted by Gasteiger charge is -2.27. The fourth-order valence-corrected chi connectivity index (χ4v) is 3.56. The van der Waals surface area contributed by atoms with E-state index in [9.17, 15) is 5.11 Å². The maximum atomic E-state index is 10.6. The second kappa shape index (κ2) is 6.30. The molecule has 0 spiro atoms. The highest BCUT2D eigenvalue weighted by atomic mass is 32.1. The standard InChI is InChI=1S/C18H23NOS/c1-18(20,17-8-5-11-21-17)13-19-16(15-9-10-15)12-14-6-3-2-4-7-14/h2-8,11,15-16,19-20H,9-10,12-13H2,1H3. The number of aliphatic hydroxyl groups is 1. The highest BCUT2D eigenvalue weighted by molar-refractivity contribution is 7.10. The molecule has 0 saturated heterocycles. The van der Waals surface area contributed by atoms with Gasteiger partial charge in [0.1, 0.15) is 5.60 Å². The molecule has 2 atom stereocenters. The lowest BCUT2D eigenvalue weighted by atomic mass is 9.99. The number of rotatable bonds is 7. The molecule has 1 saturated carbocycles. The zero-order valence-electron chi connectivity index (χ0n) is 12.5. The van der Waals surface area contributed by atoms with E-state index in [-0.39, 0.29) is 0 Å². The number of nitrogens with one attached hydrogen (secondary N) is 1. The molecule has 0 aliphatic heterocycles. The van der Waals surface area contributed by atoms with E-state index >= 15 is 0 Å². The molecule has 1 aromatic carbocycles. The van der Waals surface area contributed by atoms with Gasteiger partial charge < -0.3 is 10.4 Å². The van der Waals surface area contributed by atoms with Crippen molar-refractivity contribution in [1.29, 1.82) is 0 Å². The molecule has 2 N–H and O–H groups in total. The monoisotopic (exact) mass is 301 g/mol. The summed E-state index contributed by atoms with van der Waals surface area (Å²) < 4.78 is 0. The van der Waals surface area contributed by atoms with E-state index in [1.165, 1.54) is 18.4 Å². The summed E-state index contributed by atoms with van der Waals surface area (Å²) in [5, 5.41) is 16.3. The quantitative estimate of drug-likeness (QED) is 0.819. The normalized spacial score (nSPS) is 19.1. The van der Waals surface area contributed by atoms with Gasteiger partial charge in [0, 0.05) is 17.5 Å². The van der Waals surface area contributed by atoms with E-state index in [1.54, 1.807) is 11.3 Å². The summed E-state index contributed by atoms with van der Waals surface area (Å²) in [6.07, 6.45) is 3.67. The Kier molecular flexibility index (Phi) is 4.43. The van der Waals surface area contributed by atoms with Gasteiger partial charge in [0.05, 0.1) is 0 Å². The van der Waals surface area contributed by atoms with Crippen LogP contribution in [0.1, 0.15) is 30.2 Å². The van der Waals surface area contributed by atoms with E-state index in [1.807, 2.05) is 24.4 Å². The first kappa shape index (κ1) is 14.8. The van der Waals surface area contributed by atoms with Crippen LogP contribution in [-0.4, -0.2) is 17.7 Å². The second-order valence-corrected chi connectivity index (χ2v) is 7.21. The topological polar surface area (TPSA) is 32.3 Å². The van der Waals surface area contributed by atoms with Crippen molar-refractivity contribution in [3.63, 3.8) is 0 Å². The van der Waals surface area contributed by atoms with Crippen LogP contribution in [-0.2, 0) is 12.0 Å². The average Bonchev–Trinajstić information content (AvgIpc) is 3.17. The summed E-state index contributed by atoms with van der Waals surface area (Å²) in [7, 11) is 0. The Morgan fingerprint density at radius 3 is 2.62 bits per heavy atom. The van der Waals surface area contributed by atoms with Gasteiger partial charge in [-0.3, -0.25) is 0 Å². The Bertz CT molecular complexity index is 546. The van der Waals surface area contributed by atoms with Crippen molar-refractivity contribution in [2.45, 2.75) is 37.8 Å². The largest absolute Gasteiger partial charge is 0.383 e. The Labute approximate surface area is 130 Å². The van der Waals surface area contributed by atoms with Gasteiger partial charge in [-0.25, -0.2) is 0 Å². The van der Waals surface area contributed by atoms with Gasteiger partial charge >= 0.3 is 0 Å². The molecule has 1 aliphatic rings. The van der Waals surface area contributed by atoms with Crippen LogP contribution in [0.2, 0.25) is 0 Å². The Hall–Kier alpha value is -1.16. The maximum Gasteiger partial charge on any atom is 0.108 e. The van der Waals surface area contributed by atoms with Crippen LogP contribution < -0.4 is 5.32 Å². The SMILES string of the molecule is CC(O)(CNC(Cc1ccccc1)C1CC1)c1cccs1. The molecule has 3 heteroatoms. The van der Waals surface area contributed by atoms with Crippen LogP contribution >= 0.6 is 11.3 Å². The Balaban J connectivity index is 1.61. The second-order valence-electron chi connectivity index (χ2n) is 6.27. The molecule has 112 valence electrons. The van der Waals surface area contributed by atoms with E-state index in [4.69, 9.17) is 0 Å². The van der Waals surface area contributed by atoms with Crippen LogP contribution in [0, 0.1) is 5.92 Å². The van der Waals surface area contributed by atoms with Crippen LogP contribution in [0.5, 0.6) is 0 Å². The maximum absolute atomic E-state index is 10.6. The summed E-state index contributed by atoms with van der Waals surface area (Å²) in [4.78, 5) is 1.03. The average molecular weight is 301 g/mol. The van der Waals surface area contributed by atoms with Crippen molar-refractivity contribution in [3.05, 3.63) is 58.3 Å². The van der Waals surface area contributed by atoms with Crippen LogP contribution in [0.15, 0.2) is 47.8 Å². The fourth-order valence-electron chi connectivity index (χ4n) is 2.77. The van der Waals surface area contributed by atoms with Gasteiger partial charge in [-0.05, 0) is 49.1 Å². The lowest BCUT2D eigenvalue weighted by molar-refractivity contribution is 0.0566. The van der Waals surface area contributed by atoms with E-state index in [0.29, 0.717) is 12.6 Å². The molecular formula is C18H23NOS. The van der Waals surface area contributed by atoms with Gasteiger partial charge in [-0.15, -0.1) is 11.3 Å². The van der Waals surface area contributed by atoms with E-state index in [2.05, 4.69) is 35.6 Å². The first-order valence-electron chi connectivity index (χ1n) is 7.69. The molecule has 0 radical (unpaired) electrons. The minimum absolute atomic E-state index is 0.471. The molecule has 1 heterocycles. The molecule has 0 amide bonds. The van der Waals surface area contributed by atoms with Gasteiger partial charge in [0.2, 0.25) is 0 Å². The molecule has 2 nitrogen and oxygen atoms in total. The Morgan fingerprint density at radius 2 is 2.00 bits per heavy atom. The minimum Gasteiger partial charge on any atom is -0.383 e. The zero-order valence-corrected chi connectivity index (χ0v) is 13.3. The predicted molar refractivity (Wildman–Crippen MR) is 88.6 cm³/mol. The van der Waals surface area contributed by atoms with Crippen molar-refractivity contribution < 1.29 is 5.11 Å². The first-order chi connectivity index (χ1) is 10.1. The van der Waals surface area contributed by atoms with Gasteiger partial charge in [0.25, 0.3) is 0 Å². The van der Waals surface area contributed by atoms with Gasteiger partial charge in [0.15, 0.2) is 0 Å². The molecule has 1 aromatic heterocycles. The Morgan fingerprint density at radius 1 is 1.24 bits per heavy atom. The molecule has 0 bridgehead atoms. The zero-order chi connectivity index (χ0) is 14.7. The van der Waals surface area contributed by atoms with Crippen LogP contribution in [0.25, 0.3) is 0 Å². The van der Waals surface area contributed by atoms with Crippen LogP contribution in [0.3, 0.4) is 0 Å². The van der Waals surface area contributed by atoms with Crippen molar-refractivity contribution >= 4 is 11.3 Å². The number of hydrogen-bond donors (Lipinski definition) is 2. The summed E-state index contributed by atoms with van der Waals surface area (Å²) in [5.41, 5.74) is 0.593. The first-order valence-corrected chi connectivity index (χ1v) is 8.57. The molecule has 2 unspecified atom stereocenters. The van der Waals surface area contributed by atoms with Gasteiger partial charge in [-0.2, -0.15) is 0 Å². The highest BCUT2D eigenvalue weighted by Gasteiger charge is 2.33. The molecule has 21 heavy (non-hydrogen) atoms. The van der Waals surface area contributed by atoms with Crippen molar-refractivity contribution in [2.24, 2.45) is 5.92 Å².